The van der Waals surface area contributed by atoms with E-state index in [9.17, 15) is 9.59 Å². The molecule has 3 aromatic heterocycles. The number of nitrogens with one attached hydrogen (secondary N) is 1. The van der Waals surface area contributed by atoms with Crippen molar-refractivity contribution in [3.8, 4) is 22.1 Å². The summed E-state index contributed by atoms with van der Waals surface area (Å²) >= 11 is 1.38. The average Bonchev–Trinajstić information content (AvgIpc) is 3.27. The number of rotatable bonds is 4. The number of imidazole rings is 1. The minimum Gasteiger partial charge on any atom is -0.497 e. The number of H-pyrrole nitrogens is 1. The van der Waals surface area contributed by atoms with Crippen molar-refractivity contribution in [2.45, 2.75) is 0 Å². The molecule has 0 radical (unpaired) electrons. The number of hydrogen-bond donors (Lipinski definition) is 2. The second-order valence-corrected chi connectivity index (χ2v) is 6.33. The van der Waals surface area contributed by atoms with Crippen LogP contribution in [0.5, 0.6) is 5.75 Å². The van der Waals surface area contributed by atoms with E-state index in [4.69, 9.17) is 10.5 Å². The molecule has 0 saturated carbocycles. The summed E-state index contributed by atoms with van der Waals surface area (Å²) in [6, 6.07) is 10.7. The van der Waals surface area contributed by atoms with Crippen LogP contribution in [0.15, 0.2) is 46.6 Å². The van der Waals surface area contributed by atoms with Crippen LogP contribution in [0, 0.1) is 0 Å². The molecule has 0 aliphatic heterocycles. The highest BCUT2D eigenvalue weighted by Crippen LogP contribution is 2.25. The lowest BCUT2D eigenvalue weighted by Gasteiger charge is -2.06. The third-order valence-electron chi connectivity index (χ3n) is 3.82. The van der Waals surface area contributed by atoms with E-state index in [1.54, 1.807) is 37.4 Å². The molecule has 0 saturated heterocycles. The van der Waals surface area contributed by atoms with Crippen LogP contribution in [0.2, 0.25) is 0 Å². The lowest BCUT2D eigenvalue weighted by atomic mass is 10.2. The Morgan fingerprint density at radius 1 is 1.27 bits per heavy atom. The Morgan fingerprint density at radius 2 is 2.12 bits per heavy atom. The minimum absolute atomic E-state index is 0.0415. The molecule has 0 fully saturated rings. The number of fused-ring (bicyclic) bond motifs is 1. The second-order valence-electron chi connectivity index (χ2n) is 5.41. The van der Waals surface area contributed by atoms with Crippen molar-refractivity contribution >= 4 is 28.4 Å². The largest absolute Gasteiger partial charge is 0.497 e. The number of amides is 1. The molecule has 8 nitrogen and oxygen atoms in total. The van der Waals surface area contributed by atoms with E-state index in [-0.39, 0.29) is 17.0 Å². The molecule has 0 spiro atoms. The van der Waals surface area contributed by atoms with Gasteiger partial charge < -0.3 is 15.5 Å². The van der Waals surface area contributed by atoms with Crippen LogP contribution in [-0.2, 0) is 0 Å². The fourth-order valence-corrected chi connectivity index (χ4v) is 3.38. The predicted octanol–water partition coefficient (Wildman–Crippen LogP) is 1.94. The molecule has 0 unspecified atom stereocenters. The Hall–Kier alpha value is -3.46. The zero-order valence-electron chi connectivity index (χ0n) is 13.6. The SMILES string of the molecule is COc1cccc(-c2nc(C(N)=O)c3[nH]c(=O)n(-c4cccs4)c3n2)c1. The van der Waals surface area contributed by atoms with E-state index < -0.39 is 11.6 Å². The smallest absolute Gasteiger partial charge is 0.333 e. The molecule has 1 aromatic carbocycles. The van der Waals surface area contributed by atoms with Gasteiger partial charge in [-0.3, -0.25) is 4.79 Å². The first kappa shape index (κ1) is 16.0. The summed E-state index contributed by atoms with van der Waals surface area (Å²) in [7, 11) is 1.55. The van der Waals surface area contributed by atoms with E-state index in [1.807, 2.05) is 11.4 Å². The Bertz CT molecular complexity index is 1180. The van der Waals surface area contributed by atoms with Gasteiger partial charge in [-0.2, -0.15) is 0 Å². The molecule has 0 aliphatic rings. The number of aromatic nitrogens is 4. The van der Waals surface area contributed by atoms with Crippen molar-refractivity contribution in [2.24, 2.45) is 5.73 Å². The molecule has 4 aromatic rings. The fourth-order valence-electron chi connectivity index (χ4n) is 2.66. The maximum Gasteiger partial charge on any atom is 0.333 e. The number of carbonyl (C=O) groups excluding carboxylic acids is 1. The summed E-state index contributed by atoms with van der Waals surface area (Å²) in [5, 5.41) is 2.52. The van der Waals surface area contributed by atoms with Gasteiger partial charge in [0, 0.05) is 5.56 Å². The number of thiophene rings is 1. The van der Waals surface area contributed by atoms with Crippen LogP contribution in [-0.4, -0.2) is 32.5 Å². The third-order valence-corrected chi connectivity index (χ3v) is 4.68. The number of nitrogens with zero attached hydrogens (tertiary/aromatic N) is 3. The Kier molecular flexibility index (Phi) is 3.77. The molecule has 3 heterocycles. The molecular weight excluding hydrogens is 354 g/mol. The zero-order chi connectivity index (χ0) is 18.3. The number of hydrogen-bond acceptors (Lipinski definition) is 6. The number of ether oxygens (including phenoxy) is 1. The highest BCUT2D eigenvalue weighted by molar-refractivity contribution is 7.12. The van der Waals surface area contributed by atoms with Gasteiger partial charge in [0.05, 0.1) is 7.11 Å². The third kappa shape index (κ3) is 2.54. The van der Waals surface area contributed by atoms with Gasteiger partial charge in [0.25, 0.3) is 5.91 Å². The molecule has 0 atom stereocenters. The quantitative estimate of drug-likeness (QED) is 0.572. The first-order chi connectivity index (χ1) is 12.6. The van der Waals surface area contributed by atoms with Crippen LogP contribution in [0.25, 0.3) is 27.6 Å². The predicted molar refractivity (Wildman–Crippen MR) is 97.9 cm³/mol. The van der Waals surface area contributed by atoms with Crippen molar-refractivity contribution in [3.05, 3.63) is 58.0 Å². The van der Waals surface area contributed by atoms with Crippen molar-refractivity contribution < 1.29 is 9.53 Å². The molecule has 0 bridgehead atoms. The van der Waals surface area contributed by atoms with E-state index >= 15 is 0 Å². The molecule has 130 valence electrons. The number of methoxy groups -OCH3 is 1. The van der Waals surface area contributed by atoms with Gasteiger partial charge in [-0.25, -0.2) is 19.3 Å². The molecule has 9 heteroatoms. The first-order valence-corrected chi connectivity index (χ1v) is 8.47. The summed E-state index contributed by atoms with van der Waals surface area (Å²) in [4.78, 5) is 35.7. The maximum atomic E-state index is 12.4. The van der Waals surface area contributed by atoms with Crippen LogP contribution in [0.1, 0.15) is 10.5 Å². The number of nitrogens with two attached hydrogens (primary N) is 1. The average molecular weight is 367 g/mol. The Labute approximate surface area is 150 Å². The monoisotopic (exact) mass is 367 g/mol. The van der Waals surface area contributed by atoms with E-state index in [0.29, 0.717) is 22.0 Å². The molecule has 4 rings (SSSR count). The van der Waals surface area contributed by atoms with E-state index in [1.165, 1.54) is 15.9 Å². The van der Waals surface area contributed by atoms with Gasteiger partial charge in [-0.15, -0.1) is 11.3 Å². The second kappa shape index (κ2) is 6.12. The van der Waals surface area contributed by atoms with E-state index in [0.717, 1.165) is 0 Å². The number of aromatic amines is 1. The van der Waals surface area contributed by atoms with Gasteiger partial charge in [-0.05, 0) is 29.6 Å². The Balaban J connectivity index is 2.05. The summed E-state index contributed by atoms with van der Waals surface area (Å²) < 4.78 is 6.62. The summed E-state index contributed by atoms with van der Waals surface area (Å²) in [6.07, 6.45) is 0. The lowest BCUT2D eigenvalue weighted by Crippen LogP contribution is -2.15. The molecule has 1 amide bonds. The van der Waals surface area contributed by atoms with Crippen LogP contribution < -0.4 is 16.2 Å². The zero-order valence-corrected chi connectivity index (χ0v) is 14.4. The van der Waals surface area contributed by atoms with Crippen molar-refractivity contribution in [3.63, 3.8) is 0 Å². The first-order valence-electron chi connectivity index (χ1n) is 7.59. The molecule has 0 aliphatic carbocycles. The standard InChI is InChI=1S/C17H13N5O3S/c1-25-10-5-2-4-9(8-10)15-19-12(14(18)23)13-16(21-15)22(17(24)20-13)11-6-3-7-26-11/h2-8H,1H3,(H2,18,23)(H,20,24). The summed E-state index contributed by atoms with van der Waals surface area (Å²) in [6.45, 7) is 0. The molecule has 26 heavy (non-hydrogen) atoms. The van der Waals surface area contributed by atoms with Crippen molar-refractivity contribution in [2.75, 3.05) is 7.11 Å². The van der Waals surface area contributed by atoms with Crippen molar-refractivity contribution in [1.82, 2.24) is 19.5 Å². The van der Waals surface area contributed by atoms with Gasteiger partial charge in [0.15, 0.2) is 17.2 Å². The van der Waals surface area contributed by atoms with Crippen molar-refractivity contribution in [1.29, 1.82) is 0 Å². The molecular formula is C17H13N5O3S. The van der Waals surface area contributed by atoms with Gasteiger partial charge in [-0.1, -0.05) is 12.1 Å². The Morgan fingerprint density at radius 3 is 2.81 bits per heavy atom. The van der Waals surface area contributed by atoms with Gasteiger partial charge >= 0.3 is 5.69 Å². The highest BCUT2D eigenvalue weighted by atomic mass is 32.1. The summed E-state index contributed by atoms with van der Waals surface area (Å²) in [5.74, 6) is 0.146. The lowest BCUT2D eigenvalue weighted by molar-refractivity contribution is 0.0997. The minimum atomic E-state index is -0.749. The van der Waals surface area contributed by atoms with Gasteiger partial charge in [0.2, 0.25) is 0 Å². The van der Waals surface area contributed by atoms with E-state index in [2.05, 4.69) is 15.0 Å². The van der Waals surface area contributed by atoms with Crippen LogP contribution in [0.3, 0.4) is 0 Å². The van der Waals surface area contributed by atoms with Crippen LogP contribution >= 0.6 is 11.3 Å². The van der Waals surface area contributed by atoms with Gasteiger partial charge in [0.1, 0.15) is 16.3 Å². The fraction of sp³-hybridized carbons (Fsp3) is 0.0588. The van der Waals surface area contributed by atoms with Crippen LogP contribution in [0.4, 0.5) is 0 Å². The number of carbonyl (C=O) groups is 1. The number of benzene rings is 1. The summed E-state index contributed by atoms with van der Waals surface area (Å²) in [5.41, 5.74) is 6.16. The maximum absolute atomic E-state index is 12.4. The topological polar surface area (TPSA) is 116 Å². The molecule has 3 N–H and O–H groups in total. The normalized spacial score (nSPS) is 11.0. The highest BCUT2D eigenvalue weighted by Gasteiger charge is 2.20. The number of primary amides is 1.